The first-order valence-electron chi connectivity index (χ1n) is 9.59. The number of hydrogen-bond acceptors (Lipinski definition) is 6. The van der Waals surface area contributed by atoms with Crippen molar-refractivity contribution in [1.82, 2.24) is 14.9 Å². The van der Waals surface area contributed by atoms with Gasteiger partial charge in [0, 0.05) is 43.6 Å². The third-order valence-corrected chi connectivity index (χ3v) is 4.72. The molecule has 0 atom stereocenters. The third kappa shape index (κ3) is 4.82. The molecule has 2 aromatic carbocycles. The topological polar surface area (TPSA) is 70.6 Å². The third-order valence-electron chi connectivity index (χ3n) is 4.72. The Kier molecular flexibility index (Phi) is 5.56. The van der Waals surface area contributed by atoms with Crippen molar-refractivity contribution in [2.75, 3.05) is 36.4 Å². The monoisotopic (exact) mass is 389 g/mol. The molecule has 1 aliphatic rings. The highest BCUT2D eigenvalue weighted by molar-refractivity contribution is 5.57. The fourth-order valence-corrected chi connectivity index (χ4v) is 3.19. The molecule has 7 heteroatoms. The molecule has 4 rings (SSSR count). The number of aryl methyl sites for hydroxylation is 1. The van der Waals surface area contributed by atoms with E-state index >= 15 is 0 Å². The summed E-state index contributed by atoms with van der Waals surface area (Å²) in [7, 11) is 0. The molecule has 0 bridgehead atoms. The largest absolute Gasteiger partial charge is 0.457 e. The highest BCUT2D eigenvalue weighted by Gasteiger charge is 2.17. The van der Waals surface area contributed by atoms with Crippen LogP contribution < -0.4 is 15.0 Å². The Morgan fingerprint density at radius 2 is 1.62 bits per heavy atom. The second-order valence-electron chi connectivity index (χ2n) is 6.88. The number of carbonyl (C=O) groups is 1. The van der Waals surface area contributed by atoms with E-state index in [0.29, 0.717) is 19.0 Å². The van der Waals surface area contributed by atoms with Gasteiger partial charge >= 0.3 is 0 Å². The number of piperazine rings is 1. The lowest BCUT2D eigenvalue weighted by Crippen LogP contribution is -2.46. The Hall–Kier alpha value is -3.61. The summed E-state index contributed by atoms with van der Waals surface area (Å²) in [5, 5.41) is 3.26. The van der Waals surface area contributed by atoms with Gasteiger partial charge < -0.3 is 19.9 Å². The van der Waals surface area contributed by atoms with Crippen molar-refractivity contribution in [2.24, 2.45) is 0 Å². The van der Waals surface area contributed by atoms with Crippen molar-refractivity contribution in [1.29, 1.82) is 0 Å². The van der Waals surface area contributed by atoms with Gasteiger partial charge in [-0.05, 0) is 43.3 Å². The molecular formula is C22H23N5O2. The first-order chi connectivity index (χ1) is 14.2. The number of rotatable bonds is 6. The zero-order chi connectivity index (χ0) is 20.1. The van der Waals surface area contributed by atoms with Crippen LogP contribution in [0.4, 0.5) is 17.5 Å². The SMILES string of the molecule is Cc1cc(N2CCN(C=O)CC2)nc(Nc2ccc(Oc3ccccc3)cc2)n1. The second kappa shape index (κ2) is 8.60. The summed E-state index contributed by atoms with van der Waals surface area (Å²) >= 11 is 0. The van der Waals surface area contributed by atoms with Gasteiger partial charge in [0.25, 0.3) is 0 Å². The van der Waals surface area contributed by atoms with Crippen LogP contribution in [0.15, 0.2) is 60.7 Å². The Labute approximate surface area is 170 Å². The van der Waals surface area contributed by atoms with Crippen LogP contribution in [-0.2, 0) is 4.79 Å². The molecule has 1 fully saturated rings. The van der Waals surface area contributed by atoms with Crippen LogP contribution in [0, 0.1) is 6.92 Å². The maximum Gasteiger partial charge on any atom is 0.229 e. The van der Waals surface area contributed by atoms with Crippen molar-refractivity contribution < 1.29 is 9.53 Å². The maximum atomic E-state index is 10.9. The molecule has 0 saturated carbocycles. The molecule has 1 aliphatic heterocycles. The number of hydrogen-bond donors (Lipinski definition) is 1. The fourth-order valence-electron chi connectivity index (χ4n) is 3.19. The van der Waals surface area contributed by atoms with Crippen molar-refractivity contribution in [3.05, 3.63) is 66.4 Å². The molecule has 0 aliphatic carbocycles. The van der Waals surface area contributed by atoms with Gasteiger partial charge in [0.1, 0.15) is 17.3 Å². The van der Waals surface area contributed by atoms with E-state index in [4.69, 9.17) is 4.74 Å². The minimum absolute atomic E-state index is 0.551. The lowest BCUT2D eigenvalue weighted by molar-refractivity contribution is -0.118. The fraction of sp³-hybridized carbons (Fsp3) is 0.227. The Morgan fingerprint density at radius 3 is 2.31 bits per heavy atom. The number of anilines is 3. The van der Waals surface area contributed by atoms with Crippen LogP contribution in [0.25, 0.3) is 0 Å². The van der Waals surface area contributed by atoms with Gasteiger partial charge in [0.15, 0.2) is 0 Å². The number of benzene rings is 2. The van der Waals surface area contributed by atoms with Gasteiger partial charge in [0.2, 0.25) is 12.4 Å². The zero-order valence-electron chi connectivity index (χ0n) is 16.3. The summed E-state index contributed by atoms with van der Waals surface area (Å²) in [6.07, 6.45) is 0.903. The molecule has 0 spiro atoms. The molecule has 7 nitrogen and oxygen atoms in total. The molecule has 1 saturated heterocycles. The van der Waals surface area contributed by atoms with E-state index in [-0.39, 0.29) is 0 Å². The number of para-hydroxylation sites is 1. The van der Waals surface area contributed by atoms with Crippen molar-refractivity contribution >= 4 is 23.9 Å². The quantitative estimate of drug-likeness (QED) is 0.650. The van der Waals surface area contributed by atoms with Gasteiger partial charge in [-0.3, -0.25) is 4.79 Å². The van der Waals surface area contributed by atoms with Crippen LogP contribution in [-0.4, -0.2) is 47.5 Å². The lowest BCUT2D eigenvalue weighted by Gasteiger charge is -2.33. The van der Waals surface area contributed by atoms with Gasteiger partial charge in [-0.15, -0.1) is 0 Å². The molecule has 1 amide bonds. The average Bonchev–Trinajstić information content (AvgIpc) is 2.75. The van der Waals surface area contributed by atoms with E-state index < -0.39 is 0 Å². The summed E-state index contributed by atoms with van der Waals surface area (Å²) in [4.78, 5) is 24.0. The van der Waals surface area contributed by atoms with Crippen LogP contribution in [0.2, 0.25) is 0 Å². The average molecular weight is 389 g/mol. The van der Waals surface area contributed by atoms with Gasteiger partial charge in [-0.2, -0.15) is 4.98 Å². The van der Waals surface area contributed by atoms with Crippen molar-refractivity contribution in [2.45, 2.75) is 6.92 Å². The molecule has 1 N–H and O–H groups in total. The van der Waals surface area contributed by atoms with Gasteiger partial charge in [-0.25, -0.2) is 4.98 Å². The molecule has 148 valence electrons. The Morgan fingerprint density at radius 1 is 0.931 bits per heavy atom. The van der Waals surface area contributed by atoms with Crippen LogP contribution in [0.1, 0.15) is 5.69 Å². The molecular weight excluding hydrogens is 366 g/mol. The summed E-state index contributed by atoms with van der Waals surface area (Å²) in [6.45, 7) is 4.89. The first-order valence-corrected chi connectivity index (χ1v) is 9.59. The Balaban J connectivity index is 1.44. The van der Waals surface area contributed by atoms with Crippen molar-refractivity contribution in [3.63, 3.8) is 0 Å². The van der Waals surface area contributed by atoms with Gasteiger partial charge in [-0.1, -0.05) is 18.2 Å². The number of carbonyl (C=O) groups excluding carboxylic acids is 1. The van der Waals surface area contributed by atoms with E-state index in [0.717, 1.165) is 48.2 Å². The molecule has 0 unspecified atom stereocenters. The predicted molar refractivity (Wildman–Crippen MR) is 113 cm³/mol. The number of aromatic nitrogens is 2. The first kappa shape index (κ1) is 18.7. The summed E-state index contributed by atoms with van der Waals surface area (Å²) in [6, 6.07) is 19.3. The van der Waals surface area contributed by atoms with Crippen LogP contribution in [0.3, 0.4) is 0 Å². The lowest BCUT2D eigenvalue weighted by atomic mass is 10.3. The molecule has 29 heavy (non-hydrogen) atoms. The summed E-state index contributed by atoms with van der Waals surface area (Å²) in [5.74, 6) is 2.99. The minimum Gasteiger partial charge on any atom is -0.457 e. The van der Waals surface area contributed by atoms with E-state index in [1.807, 2.05) is 67.6 Å². The molecule has 3 aromatic rings. The smallest absolute Gasteiger partial charge is 0.229 e. The highest BCUT2D eigenvalue weighted by atomic mass is 16.5. The number of amides is 1. The van der Waals surface area contributed by atoms with Crippen LogP contribution >= 0.6 is 0 Å². The minimum atomic E-state index is 0.551. The molecule has 0 radical (unpaired) electrons. The normalized spacial score (nSPS) is 13.8. The number of nitrogens with zero attached hydrogens (tertiary/aromatic N) is 4. The number of ether oxygens (including phenoxy) is 1. The number of nitrogens with one attached hydrogen (secondary N) is 1. The van der Waals surface area contributed by atoms with E-state index in [1.54, 1.807) is 4.90 Å². The zero-order valence-corrected chi connectivity index (χ0v) is 16.3. The second-order valence-corrected chi connectivity index (χ2v) is 6.88. The standard InChI is InChI=1S/C22H23N5O2/c1-17-15-21(27-13-11-26(16-28)12-14-27)25-22(23-17)24-18-7-9-20(10-8-18)29-19-5-3-2-4-6-19/h2-10,15-16H,11-14H2,1H3,(H,23,24,25). The predicted octanol–water partition coefficient (Wildman–Crippen LogP) is 3.60. The summed E-state index contributed by atoms with van der Waals surface area (Å²) < 4.78 is 5.82. The van der Waals surface area contributed by atoms with E-state index in [9.17, 15) is 4.79 Å². The van der Waals surface area contributed by atoms with E-state index in [2.05, 4.69) is 20.2 Å². The molecule has 1 aromatic heterocycles. The van der Waals surface area contributed by atoms with Crippen molar-refractivity contribution in [3.8, 4) is 11.5 Å². The maximum absolute atomic E-state index is 10.9. The molecule has 2 heterocycles. The van der Waals surface area contributed by atoms with Gasteiger partial charge in [0.05, 0.1) is 0 Å². The highest BCUT2D eigenvalue weighted by Crippen LogP contribution is 2.24. The van der Waals surface area contributed by atoms with Crippen LogP contribution in [0.5, 0.6) is 11.5 Å². The Bertz CT molecular complexity index is 955. The van der Waals surface area contributed by atoms with E-state index in [1.165, 1.54) is 0 Å². The summed E-state index contributed by atoms with van der Waals surface area (Å²) in [5.41, 5.74) is 1.77.